The van der Waals surface area contributed by atoms with Gasteiger partial charge >= 0.3 is 5.97 Å². The van der Waals surface area contributed by atoms with E-state index in [0.717, 1.165) is 0 Å². The highest BCUT2D eigenvalue weighted by molar-refractivity contribution is 5.80. The number of likely N-dealkylation sites (tertiary alicyclic amines) is 1. The second kappa shape index (κ2) is 9.78. The number of aliphatic hydroxyl groups is 1. The number of imidazole rings is 1. The third kappa shape index (κ3) is 5.38. The molecule has 156 valence electrons. The highest BCUT2D eigenvalue weighted by Crippen LogP contribution is 2.35. The normalized spacial score (nSPS) is 21.0. The van der Waals surface area contributed by atoms with Gasteiger partial charge in [0.15, 0.2) is 0 Å². The monoisotopic (exact) mass is 407 g/mol. The second-order valence-electron chi connectivity index (χ2n) is 6.72. The quantitative estimate of drug-likeness (QED) is 0.619. The molecule has 0 unspecified atom stereocenters. The van der Waals surface area contributed by atoms with Gasteiger partial charge in [-0.1, -0.05) is 12.1 Å². The van der Waals surface area contributed by atoms with Crippen LogP contribution in [0.5, 0.6) is 0 Å². The Morgan fingerprint density at radius 1 is 1.31 bits per heavy atom. The number of nitrogens with zero attached hydrogens (tertiary/aromatic N) is 3. The summed E-state index contributed by atoms with van der Waals surface area (Å²) in [6.07, 6.45) is 3.81. The number of aromatic nitrogens is 2. The van der Waals surface area contributed by atoms with Gasteiger partial charge in [-0.05, 0) is 30.5 Å². The van der Waals surface area contributed by atoms with Crippen LogP contribution in [0.25, 0.3) is 0 Å². The smallest absolute Gasteiger partial charge is 0.314 e. The summed E-state index contributed by atoms with van der Waals surface area (Å²) in [7, 11) is 0. The summed E-state index contributed by atoms with van der Waals surface area (Å²) >= 11 is 0. The molecule has 9 nitrogen and oxygen atoms in total. The van der Waals surface area contributed by atoms with E-state index in [4.69, 9.17) is 9.90 Å². The van der Waals surface area contributed by atoms with Gasteiger partial charge in [-0.25, -0.2) is 9.37 Å². The summed E-state index contributed by atoms with van der Waals surface area (Å²) in [4.78, 5) is 38.3. The van der Waals surface area contributed by atoms with Gasteiger partial charge in [0.1, 0.15) is 17.8 Å². The number of carboxylic acids is 1. The van der Waals surface area contributed by atoms with E-state index < -0.39 is 23.3 Å². The Morgan fingerprint density at radius 2 is 1.97 bits per heavy atom. The molecule has 1 aromatic heterocycles. The van der Waals surface area contributed by atoms with Crippen LogP contribution in [0.3, 0.4) is 0 Å². The number of hydrogen-bond acceptors (Lipinski definition) is 5. The molecule has 2 aromatic rings. The molecular weight excluding hydrogens is 385 g/mol. The Morgan fingerprint density at radius 3 is 2.52 bits per heavy atom. The average molecular weight is 407 g/mol. The first-order valence-electron chi connectivity index (χ1n) is 8.79. The van der Waals surface area contributed by atoms with Gasteiger partial charge in [0.25, 0.3) is 6.47 Å². The molecule has 0 bridgehead atoms. The molecule has 0 aliphatic carbocycles. The number of piperidine rings is 1. The van der Waals surface area contributed by atoms with Gasteiger partial charge in [0.2, 0.25) is 5.91 Å². The van der Waals surface area contributed by atoms with Gasteiger partial charge in [-0.2, -0.15) is 0 Å². The fraction of sp³-hybridized carbons (Fsp3) is 0.368. The molecule has 3 N–H and O–H groups in total. The van der Waals surface area contributed by atoms with Crippen molar-refractivity contribution in [2.75, 3.05) is 13.1 Å². The maximum absolute atomic E-state index is 13.1. The van der Waals surface area contributed by atoms with Crippen LogP contribution < -0.4 is 0 Å². The van der Waals surface area contributed by atoms with Crippen LogP contribution in [0.15, 0.2) is 43.0 Å². The Kier molecular flexibility index (Phi) is 7.43. The Bertz CT molecular complexity index is 827. The number of carbonyl (C=O) groups is 3. The molecule has 3 rings (SSSR count). The van der Waals surface area contributed by atoms with Gasteiger partial charge in [0.05, 0.1) is 12.4 Å². The van der Waals surface area contributed by atoms with E-state index in [2.05, 4.69) is 4.98 Å². The molecule has 1 saturated heterocycles. The molecule has 0 spiro atoms. The fourth-order valence-electron chi connectivity index (χ4n) is 3.35. The summed E-state index contributed by atoms with van der Waals surface area (Å²) in [5.41, 5.74) is -0.933. The van der Waals surface area contributed by atoms with Crippen molar-refractivity contribution < 1.29 is 34.1 Å². The first-order chi connectivity index (χ1) is 13.8. The number of carboxylic acid groups (broad SMARTS) is 2. The lowest BCUT2D eigenvalue weighted by Crippen LogP contribution is -2.58. The Labute approximate surface area is 166 Å². The number of aliphatic carboxylic acids is 1. The lowest BCUT2D eigenvalue weighted by atomic mass is 9.73. The SMILES string of the molecule is O=C(Cn1ccnc1)N1CC[C@H](O)[C@](Cc2ccc(F)cc2)(C(=O)O)C1.O=CO. The third-order valence-electron chi connectivity index (χ3n) is 4.87. The zero-order chi connectivity index (χ0) is 21.4. The number of carbonyl (C=O) groups excluding carboxylic acids is 1. The van der Waals surface area contributed by atoms with E-state index in [1.54, 1.807) is 17.0 Å². The van der Waals surface area contributed by atoms with E-state index in [1.165, 1.54) is 35.5 Å². The summed E-state index contributed by atoms with van der Waals surface area (Å²) < 4.78 is 14.7. The van der Waals surface area contributed by atoms with E-state index in [1.807, 2.05) is 0 Å². The topological polar surface area (TPSA) is 133 Å². The molecule has 0 saturated carbocycles. The van der Waals surface area contributed by atoms with Crippen molar-refractivity contribution in [3.63, 3.8) is 0 Å². The third-order valence-corrected chi connectivity index (χ3v) is 4.87. The molecule has 10 heteroatoms. The summed E-state index contributed by atoms with van der Waals surface area (Å²) in [6, 6.07) is 5.50. The van der Waals surface area contributed by atoms with Crippen LogP contribution in [0, 0.1) is 11.2 Å². The van der Waals surface area contributed by atoms with Crippen LogP contribution in [-0.2, 0) is 27.3 Å². The van der Waals surface area contributed by atoms with Gasteiger partial charge in [-0.3, -0.25) is 14.4 Å². The Hall–Kier alpha value is -3.27. The fourth-order valence-corrected chi connectivity index (χ4v) is 3.35. The molecule has 1 fully saturated rings. The van der Waals surface area contributed by atoms with Crippen molar-refractivity contribution in [1.29, 1.82) is 0 Å². The van der Waals surface area contributed by atoms with E-state index in [0.29, 0.717) is 5.56 Å². The van der Waals surface area contributed by atoms with E-state index in [-0.39, 0.29) is 44.9 Å². The average Bonchev–Trinajstić information content (AvgIpc) is 3.19. The maximum Gasteiger partial charge on any atom is 0.314 e. The summed E-state index contributed by atoms with van der Waals surface area (Å²) in [6.45, 7) is -0.0100. The minimum Gasteiger partial charge on any atom is -0.483 e. The molecule has 1 aliphatic rings. The molecule has 29 heavy (non-hydrogen) atoms. The number of hydrogen-bond donors (Lipinski definition) is 3. The minimum atomic E-state index is -1.53. The molecule has 1 amide bonds. The van der Waals surface area contributed by atoms with Crippen LogP contribution in [0.1, 0.15) is 12.0 Å². The Balaban J connectivity index is 0.000000941. The standard InChI is InChI=1S/C18H20FN3O4.CH2O2/c19-14-3-1-13(2-4-14)9-18(17(25)26)11-22(7-5-15(18)23)16(24)10-21-8-6-20-12-21;2-1-3/h1-4,6,8,12,15,23H,5,7,9-11H2,(H,25,26);1H,(H,2,3)/t15-,18+;/m0./s1. The van der Waals surface area contributed by atoms with Crippen LogP contribution in [0.2, 0.25) is 0 Å². The van der Waals surface area contributed by atoms with Crippen molar-refractivity contribution in [3.8, 4) is 0 Å². The van der Waals surface area contributed by atoms with Crippen molar-refractivity contribution in [2.45, 2.75) is 25.5 Å². The van der Waals surface area contributed by atoms with Crippen molar-refractivity contribution in [1.82, 2.24) is 14.5 Å². The number of amides is 1. The predicted molar refractivity (Wildman–Crippen MR) is 98.3 cm³/mol. The first-order valence-corrected chi connectivity index (χ1v) is 8.79. The van der Waals surface area contributed by atoms with E-state index in [9.17, 15) is 24.2 Å². The lowest BCUT2D eigenvalue weighted by Gasteiger charge is -2.43. The lowest BCUT2D eigenvalue weighted by molar-refractivity contribution is -0.166. The minimum absolute atomic E-state index is 0.0125. The number of aliphatic hydroxyl groups excluding tert-OH is 1. The number of rotatable bonds is 5. The van der Waals surface area contributed by atoms with Gasteiger partial charge in [0, 0.05) is 25.5 Å². The molecular formula is C19H22FN3O6. The van der Waals surface area contributed by atoms with Crippen molar-refractivity contribution in [3.05, 3.63) is 54.4 Å². The van der Waals surface area contributed by atoms with Crippen LogP contribution in [0.4, 0.5) is 4.39 Å². The van der Waals surface area contributed by atoms with Crippen LogP contribution >= 0.6 is 0 Å². The number of benzene rings is 1. The van der Waals surface area contributed by atoms with Crippen molar-refractivity contribution in [2.24, 2.45) is 5.41 Å². The molecule has 1 aliphatic heterocycles. The highest BCUT2D eigenvalue weighted by atomic mass is 19.1. The molecule has 2 heterocycles. The molecule has 0 radical (unpaired) electrons. The largest absolute Gasteiger partial charge is 0.483 e. The van der Waals surface area contributed by atoms with Crippen LogP contribution in [-0.4, -0.2) is 67.3 Å². The first kappa shape index (κ1) is 22.0. The second-order valence-corrected chi connectivity index (χ2v) is 6.72. The predicted octanol–water partition coefficient (Wildman–Crippen LogP) is 0.630. The van der Waals surface area contributed by atoms with Crippen molar-refractivity contribution >= 4 is 18.3 Å². The van der Waals surface area contributed by atoms with E-state index >= 15 is 0 Å². The zero-order valence-corrected chi connectivity index (χ0v) is 15.5. The summed E-state index contributed by atoms with van der Waals surface area (Å²) in [5.74, 6) is -1.83. The molecule has 2 atom stereocenters. The summed E-state index contributed by atoms with van der Waals surface area (Å²) in [5, 5.41) is 27.2. The molecule has 1 aromatic carbocycles. The van der Waals surface area contributed by atoms with Gasteiger partial charge < -0.3 is 24.8 Å². The van der Waals surface area contributed by atoms with Gasteiger partial charge in [-0.15, -0.1) is 0 Å². The zero-order valence-electron chi connectivity index (χ0n) is 15.5. The maximum atomic E-state index is 13.1. The highest BCUT2D eigenvalue weighted by Gasteiger charge is 2.50. The number of halogens is 1.